The van der Waals surface area contributed by atoms with E-state index in [1.54, 1.807) is 0 Å². The molecule has 290 valence electrons. The average molecular weight is 790 g/mol. The number of hydrogen-bond acceptors (Lipinski definition) is 2. The van der Waals surface area contributed by atoms with E-state index in [1.165, 1.54) is 54.7 Å². The minimum absolute atomic E-state index is 0.883. The van der Waals surface area contributed by atoms with Gasteiger partial charge in [-0.05, 0) is 114 Å². The second-order valence-electron chi connectivity index (χ2n) is 16.0. The molecule has 0 saturated carbocycles. The zero-order chi connectivity index (χ0) is 41.0. The summed E-state index contributed by atoms with van der Waals surface area (Å²) in [5, 5.41) is 9.54. The Hall–Kier alpha value is -8.20. The van der Waals surface area contributed by atoms with Gasteiger partial charge in [-0.3, -0.25) is 0 Å². The van der Waals surface area contributed by atoms with Crippen LogP contribution >= 0.6 is 0 Å². The summed E-state index contributed by atoms with van der Waals surface area (Å²) in [5.41, 5.74) is 14.6. The van der Waals surface area contributed by atoms with Crippen molar-refractivity contribution in [2.24, 2.45) is 0 Å². The fourth-order valence-corrected chi connectivity index (χ4v) is 9.66. The molecular formula is C60H39NO. The van der Waals surface area contributed by atoms with Crippen LogP contribution in [-0.4, -0.2) is 0 Å². The lowest BCUT2D eigenvalue weighted by molar-refractivity contribution is 0.673. The lowest BCUT2D eigenvalue weighted by Crippen LogP contribution is -2.11. The largest absolute Gasteiger partial charge is 0.455 e. The molecular weight excluding hydrogens is 751 g/mol. The SMILES string of the molecule is c1ccc(-c2c(-c3ccccc3)c3cc(-c4ccc(N(c5ccccc5)c5ccccc5-c5cccc6oc7c8ccccc8ccc7c56)cc4)ccc3c3ccccc23)cc1. The fraction of sp³-hybridized carbons (Fsp3) is 0. The van der Waals surface area contributed by atoms with Crippen LogP contribution in [0.2, 0.25) is 0 Å². The maximum Gasteiger partial charge on any atom is 0.143 e. The molecule has 0 saturated heterocycles. The van der Waals surface area contributed by atoms with E-state index in [2.05, 4.69) is 241 Å². The number of para-hydroxylation sites is 2. The van der Waals surface area contributed by atoms with Crippen LogP contribution in [0.3, 0.4) is 0 Å². The third-order valence-electron chi connectivity index (χ3n) is 12.4. The first-order valence-corrected chi connectivity index (χ1v) is 21.3. The summed E-state index contributed by atoms with van der Waals surface area (Å²) in [7, 11) is 0. The minimum atomic E-state index is 0.883. The number of benzene rings is 11. The average Bonchev–Trinajstić information content (AvgIpc) is 3.75. The number of anilines is 3. The summed E-state index contributed by atoms with van der Waals surface area (Å²) < 4.78 is 6.65. The van der Waals surface area contributed by atoms with Gasteiger partial charge in [0.25, 0.3) is 0 Å². The van der Waals surface area contributed by atoms with E-state index in [0.717, 1.165) is 61.1 Å². The first kappa shape index (κ1) is 35.7. The van der Waals surface area contributed by atoms with Gasteiger partial charge in [-0.25, -0.2) is 0 Å². The lowest BCUT2D eigenvalue weighted by atomic mass is 9.84. The van der Waals surface area contributed by atoms with E-state index in [1.807, 2.05) is 0 Å². The third-order valence-corrected chi connectivity index (χ3v) is 12.4. The van der Waals surface area contributed by atoms with Crippen LogP contribution in [0.25, 0.3) is 98.8 Å². The molecule has 12 aromatic rings. The van der Waals surface area contributed by atoms with Gasteiger partial charge in [-0.1, -0.05) is 188 Å². The Morgan fingerprint density at radius 3 is 1.61 bits per heavy atom. The summed E-state index contributed by atoms with van der Waals surface area (Å²) in [4.78, 5) is 2.38. The van der Waals surface area contributed by atoms with Crippen LogP contribution in [-0.2, 0) is 0 Å². The molecule has 0 N–H and O–H groups in total. The molecule has 2 heteroatoms. The van der Waals surface area contributed by atoms with E-state index in [-0.39, 0.29) is 0 Å². The molecule has 0 unspecified atom stereocenters. The summed E-state index contributed by atoms with van der Waals surface area (Å²) in [6, 6.07) is 85.3. The molecule has 0 bridgehead atoms. The zero-order valence-corrected chi connectivity index (χ0v) is 33.9. The van der Waals surface area contributed by atoms with Crippen molar-refractivity contribution in [3.05, 3.63) is 237 Å². The molecule has 0 aliphatic rings. The molecule has 0 spiro atoms. The predicted molar refractivity (Wildman–Crippen MR) is 263 cm³/mol. The Balaban J connectivity index is 1.02. The van der Waals surface area contributed by atoms with Gasteiger partial charge in [0.1, 0.15) is 11.2 Å². The highest BCUT2D eigenvalue weighted by Crippen LogP contribution is 2.48. The van der Waals surface area contributed by atoms with Crippen molar-refractivity contribution in [3.63, 3.8) is 0 Å². The van der Waals surface area contributed by atoms with Crippen molar-refractivity contribution < 1.29 is 4.42 Å². The van der Waals surface area contributed by atoms with Crippen LogP contribution < -0.4 is 4.90 Å². The molecule has 0 aliphatic heterocycles. The molecule has 11 aromatic carbocycles. The molecule has 62 heavy (non-hydrogen) atoms. The molecule has 1 aromatic heterocycles. The lowest BCUT2D eigenvalue weighted by Gasteiger charge is -2.28. The van der Waals surface area contributed by atoms with E-state index in [0.29, 0.717) is 0 Å². The first-order chi connectivity index (χ1) is 30.8. The molecule has 0 fully saturated rings. The number of rotatable bonds is 7. The monoisotopic (exact) mass is 789 g/mol. The standard InChI is InChI=1S/C60H39NO/c1-4-18-42(19-5-1)57-51-27-13-12-25-48(51)49-37-34-44(39-54(49)58(57)43-20-6-2-7-21-43)40-31-35-46(36-32-40)61(45-22-8-3-9-23-45)55-29-15-14-26-50(55)52-28-16-30-56-59(52)53-38-33-41-17-10-11-24-47(41)60(53)62-56/h1-39H. The highest BCUT2D eigenvalue weighted by molar-refractivity contribution is 6.22. The van der Waals surface area contributed by atoms with Crippen molar-refractivity contribution in [3.8, 4) is 44.5 Å². The number of furan rings is 1. The maximum absolute atomic E-state index is 6.65. The Morgan fingerprint density at radius 2 is 0.855 bits per heavy atom. The summed E-state index contributed by atoms with van der Waals surface area (Å²) >= 11 is 0. The van der Waals surface area contributed by atoms with Gasteiger partial charge in [0, 0.05) is 33.1 Å². The molecule has 0 atom stereocenters. The topological polar surface area (TPSA) is 16.4 Å². The predicted octanol–water partition coefficient (Wildman–Crippen LogP) is 17.2. The van der Waals surface area contributed by atoms with E-state index in [9.17, 15) is 0 Å². The van der Waals surface area contributed by atoms with E-state index in [4.69, 9.17) is 4.42 Å². The Morgan fingerprint density at radius 1 is 0.306 bits per heavy atom. The van der Waals surface area contributed by atoms with Gasteiger partial charge in [-0.15, -0.1) is 0 Å². The van der Waals surface area contributed by atoms with Gasteiger partial charge >= 0.3 is 0 Å². The van der Waals surface area contributed by atoms with Crippen LogP contribution in [0.15, 0.2) is 241 Å². The molecule has 0 amide bonds. The third kappa shape index (κ3) is 5.88. The highest BCUT2D eigenvalue weighted by atomic mass is 16.3. The van der Waals surface area contributed by atoms with Crippen molar-refractivity contribution >= 4 is 71.3 Å². The molecule has 1 heterocycles. The summed E-state index contributed by atoms with van der Waals surface area (Å²) in [6.07, 6.45) is 0. The molecule has 12 rings (SSSR count). The number of fused-ring (bicyclic) bond motifs is 8. The maximum atomic E-state index is 6.65. The quantitative estimate of drug-likeness (QED) is 0.150. The van der Waals surface area contributed by atoms with Gasteiger partial charge in [0.2, 0.25) is 0 Å². The van der Waals surface area contributed by atoms with E-state index < -0.39 is 0 Å². The minimum Gasteiger partial charge on any atom is -0.455 e. The summed E-state index contributed by atoms with van der Waals surface area (Å²) in [5.74, 6) is 0. The number of nitrogens with zero attached hydrogens (tertiary/aromatic N) is 1. The normalized spacial score (nSPS) is 11.5. The van der Waals surface area contributed by atoms with Gasteiger partial charge < -0.3 is 9.32 Å². The van der Waals surface area contributed by atoms with Crippen LogP contribution in [0, 0.1) is 0 Å². The van der Waals surface area contributed by atoms with Crippen molar-refractivity contribution in [1.82, 2.24) is 0 Å². The van der Waals surface area contributed by atoms with Gasteiger partial charge in [0.15, 0.2) is 0 Å². The van der Waals surface area contributed by atoms with Crippen molar-refractivity contribution in [1.29, 1.82) is 0 Å². The first-order valence-electron chi connectivity index (χ1n) is 21.3. The molecule has 0 aliphatic carbocycles. The Labute approximate surface area is 360 Å². The second-order valence-corrected chi connectivity index (χ2v) is 16.0. The molecule has 2 nitrogen and oxygen atoms in total. The van der Waals surface area contributed by atoms with Crippen LogP contribution in [0.4, 0.5) is 17.1 Å². The van der Waals surface area contributed by atoms with Crippen LogP contribution in [0.1, 0.15) is 0 Å². The van der Waals surface area contributed by atoms with Crippen molar-refractivity contribution in [2.45, 2.75) is 0 Å². The Kier molecular flexibility index (Phi) is 8.53. The van der Waals surface area contributed by atoms with Gasteiger partial charge in [-0.2, -0.15) is 0 Å². The smallest absolute Gasteiger partial charge is 0.143 e. The zero-order valence-electron chi connectivity index (χ0n) is 33.9. The summed E-state index contributed by atoms with van der Waals surface area (Å²) in [6.45, 7) is 0. The number of hydrogen-bond donors (Lipinski definition) is 0. The van der Waals surface area contributed by atoms with Crippen LogP contribution in [0.5, 0.6) is 0 Å². The fourth-order valence-electron chi connectivity index (χ4n) is 9.66. The van der Waals surface area contributed by atoms with Crippen molar-refractivity contribution in [2.75, 3.05) is 4.90 Å². The second kappa shape index (κ2) is 14.8. The molecule has 0 radical (unpaired) electrons. The van der Waals surface area contributed by atoms with Gasteiger partial charge in [0.05, 0.1) is 5.69 Å². The Bertz CT molecular complexity index is 3610. The highest BCUT2D eigenvalue weighted by Gasteiger charge is 2.22. The van der Waals surface area contributed by atoms with E-state index >= 15 is 0 Å².